The zero-order valence-electron chi connectivity index (χ0n) is 19.5. The molecular weight excluding hydrogens is 436 g/mol. The molecule has 1 amide bonds. The largest absolute Gasteiger partial charge is 0.508 e. The molecule has 0 radical (unpaired) electrons. The van der Waals surface area contributed by atoms with Gasteiger partial charge >= 0.3 is 0 Å². The number of ether oxygens (including phenoxy) is 1. The predicted octanol–water partition coefficient (Wildman–Crippen LogP) is 5.53. The van der Waals surface area contributed by atoms with Crippen LogP contribution in [-0.4, -0.2) is 47.4 Å². The summed E-state index contributed by atoms with van der Waals surface area (Å²) in [6.07, 6.45) is 7.31. The third-order valence-corrected chi connectivity index (χ3v) is 7.69. The Kier molecular flexibility index (Phi) is 6.43. The van der Waals surface area contributed by atoms with Crippen molar-refractivity contribution in [1.29, 1.82) is 0 Å². The number of nitrogens with zero attached hydrogens (tertiary/aromatic N) is 2. The highest BCUT2D eigenvalue weighted by Gasteiger charge is 2.31. The first-order valence-corrected chi connectivity index (χ1v) is 12.0. The highest BCUT2D eigenvalue weighted by Crippen LogP contribution is 2.45. The number of thioether (sulfide) groups is 1. The van der Waals surface area contributed by atoms with Crippen LogP contribution >= 0.6 is 11.8 Å². The van der Waals surface area contributed by atoms with Crippen molar-refractivity contribution in [2.75, 3.05) is 21.2 Å². The molecule has 0 unspecified atom stereocenters. The van der Waals surface area contributed by atoms with Gasteiger partial charge < -0.3 is 19.8 Å². The molecule has 6 nitrogen and oxygen atoms in total. The number of benzene rings is 2. The molecule has 33 heavy (non-hydrogen) atoms. The Labute approximate surface area is 199 Å². The zero-order valence-corrected chi connectivity index (χ0v) is 20.3. The van der Waals surface area contributed by atoms with E-state index in [0.717, 1.165) is 42.4 Å². The van der Waals surface area contributed by atoms with Gasteiger partial charge in [0.25, 0.3) is 5.91 Å². The van der Waals surface area contributed by atoms with E-state index in [0.29, 0.717) is 27.1 Å². The van der Waals surface area contributed by atoms with Crippen molar-refractivity contribution in [3.05, 3.63) is 46.4 Å². The lowest BCUT2D eigenvalue weighted by Crippen LogP contribution is -2.25. The predicted molar refractivity (Wildman–Crippen MR) is 134 cm³/mol. The molecule has 0 bridgehead atoms. The van der Waals surface area contributed by atoms with Crippen molar-refractivity contribution in [3.63, 3.8) is 0 Å². The highest BCUT2D eigenvalue weighted by molar-refractivity contribution is 8.18. The van der Waals surface area contributed by atoms with E-state index in [2.05, 4.69) is 11.9 Å². The molecule has 1 aliphatic heterocycles. The summed E-state index contributed by atoms with van der Waals surface area (Å²) in [5.41, 5.74) is 3.13. The molecular formula is C26H30N2O4S. The first kappa shape index (κ1) is 23.2. The number of hydrogen-bond donors (Lipinski definition) is 2. The Hall–Kier alpha value is -2.93. The summed E-state index contributed by atoms with van der Waals surface area (Å²) < 4.78 is 5.43. The van der Waals surface area contributed by atoms with Gasteiger partial charge in [-0.3, -0.25) is 4.79 Å². The van der Waals surface area contributed by atoms with E-state index < -0.39 is 0 Å². The van der Waals surface area contributed by atoms with E-state index in [1.54, 1.807) is 23.1 Å². The molecule has 0 spiro atoms. The number of carbonyl (C=O) groups excluding carboxylic acids is 1. The van der Waals surface area contributed by atoms with Crippen LogP contribution in [0, 0.1) is 0 Å². The smallest absolute Gasteiger partial charge is 0.286 e. The van der Waals surface area contributed by atoms with Crippen molar-refractivity contribution in [1.82, 2.24) is 4.90 Å². The summed E-state index contributed by atoms with van der Waals surface area (Å²) in [6.45, 7) is 2.23. The van der Waals surface area contributed by atoms with E-state index in [9.17, 15) is 15.0 Å². The number of hydrogen-bond acceptors (Lipinski definition) is 6. The van der Waals surface area contributed by atoms with Gasteiger partial charge in [0.2, 0.25) is 0 Å². The molecule has 2 aliphatic rings. The van der Waals surface area contributed by atoms with Gasteiger partial charge in [-0.05, 0) is 71.5 Å². The van der Waals surface area contributed by atoms with Crippen LogP contribution in [0.5, 0.6) is 17.2 Å². The van der Waals surface area contributed by atoms with Gasteiger partial charge in [-0.15, -0.1) is 0 Å². The Bertz CT molecular complexity index is 1150. The number of amides is 1. The minimum absolute atomic E-state index is 0.0290. The zero-order chi connectivity index (χ0) is 23.8. The van der Waals surface area contributed by atoms with Gasteiger partial charge in [0.15, 0.2) is 16.7 Å². The van der Waals surface area contributed by atoms with Crippen LogP contribution in [0.4, 0.5) is 0 Å². The third-order valence-electron chi connectivity index (χ3n) is 6.54. The SMILES string of the molecule is COc1cc(-c2ccc(O)c(C3(C)CCCCC3)c2)cc(/C=C2/SC(N(C)C)=NC2=O)c1O. The molecule has 0 aromatic heterocycles. The number of rotatable bonds is 4. The Morgan fingerprint density at radius 1 is 1.09 bits per heavy atom. The molecule has 0 atom stereocenters. The maximum atomic E-state index is 12.4. The first-order valence-electron chi connectivity index (χ1n) is 11.2. The van der Waals surface area contributed by atoms with Gasteiger partial charge in [0.05, 0.1) is 12.0 Å². The van der Waals surface area contributed by atoms with Crippen LogP contribution in [0.25, 0.3) is 17.2 Å². The Morgan fingerprint density at radius 2 is 1.82 bits per heavy atom. The monoisotopic (exact) mass is 466 g/mol. The fourth-order valence-corrected chi connectivity index (χ4v) is 5.42. The summed E-state index contributed by atoms with van der Waals surface area (Å²) in [7, 11) is 5.17. The number of amidine groups is 1. The van der Waals surface area contributed by atoms with Crippen molar-refractivity contribution < 1.29 is 19.7 Å². The number of methoxy groups -OCH3 is 1. The lowest BCUT2D eigenvalue weighted by atomic mass is 9.70. The second-order valence-electron chi connectivity index (χ2n) is 9.17. The van der Waals surface area contributed by atoms with Crippen LogP contribution in [0.3, 0.4) is 0 Å². The summed E-state index contributed by atoms with van der Waals surface area (Å²) in [5.74, 6) is 0.280. The molecule has 1 aliphatic carbocycles. The minimum atomic E-state index is -0.329. The summed E-state index contributed by atoms with van der Waals surface area (Å²) in [6, 6.07) is 9.28. The van der Waals surface area contributed by atoms with Crippen LogP contribution in [0.2, 0.25) is 0 Å². The van der Waals surface area contributed by atoms with E-state index in [1.807, 2.05) is 32.3 Å². The number of aliphatic imine (C=N–C) groups is 1. The second kappa shape index (κ2) is 9.14. The molecule has 2 aromatic rings. The van der Waals surface area contributed by atoms with E-state index in [1.165, 1.54) is 25.3 Å². The molecule has 2 N–H and O–H groups in total. The number of phenols is 2. The quantitative estimate of drug-likeness (QED) is 0.577. The molecule has 1 saturated carbocycles. The lowest BCUT2D eigenvalue weighted by Gasteiger charge is -2.35. The van der Waals surface area contributed by atoms with Crippen molar-refractivity contribution in [3.8, 4) is 28.4 Å². The van der Waals surface area contributed by atoms with Crippen LogP contribution < -0.4 is 4.74 Å². The molecule has 4 rings (SSSR count). The fraction of sp³-hybridized carbons (Fsp3) is 0.385. The number of aromatic hydroxyl groups is 2. The highest BCUT2D eigenvalue weighted by atomic mass is 32.2. The maximum Gasteiger partial charge on any atom is 0.286 e. The van der Waals surface area contributed by atoms with Gasteiger partial charge in [-0.25, -0.2) is 0 Å². The fourth-order valence-electron chi connectivity index (χ4n) is 4.59. The molecule has 1 fully saturated rings. The summed E-state index contributed by atoms with van der Waals surface area (Å²) in [4.78, 5) is 18.6. The average molecular weight is 467 g/mol. The Balaban J connectivity index is 1.76. The van der Waals surface area contributed by atoms with E-state index >= 15 is 0 Å². The lowest BCUT2D eigenvalue weighted by molar-refractivity contribution is -0.113. The molecule has 174 valence electrons. The second-order valence-corrected chi connectivity index (χ2v) is 10.2. The van der Waals surface area contributed by atoms with Gasteiger partial charge in [-0.1, -0.05) is 32.3 Å². The molecule has 1 heterocycles. The Morgan fingerprint density at radius 3 is 2.45 bits per heavy atom. The average Bonchev–Trinajstić information content (AvgIpc) is 3.16. The first-order chi connectivity index (χ1) is 15.7. The maximum absolute atomic E-state index is 12.4. The number of phenolic OH excluding ortho intramolecular Hbond substituents is 2. The standard InChI is InChI=1S/C26H30N2O4S/c1-26(10-6-5-7-11-26)19-13-16(8-9-20(19)29)17-12-18(23(30)21(14-17)32-4)15-22-24(31)27-25(33-22)28(2)3/h8-9,12-15,29-30H,5-7,10-11H2,1-4H3/b22-15+. The topological polar surface area (TPSA) is 82.4 Å². The van der Waals surface area contributed by atoms with Crippen LogP contribution in [0.15, 0.2) is 40.2 Å². The summed E-state index contributed by atoms with van der Waals surface area (Å²) in [5, 5.41) is 22.0. The summed E-state index contributed by atoms with van der Waals surface area (Å²) >= 11 is 1.27. The van der Waals surface area contributed by atoms with Gasteiger partial charge in [-0.2, -0.15) is 4.99 Å². The minimum Gasteiger partial charge on any atom is -0.508 e. The normalized spacial score (nSPS) is 19.0. The molecule has 0 saturated heterocycles. The van der Waals surface area contributed by atoms with Crippen LogP contribution in [0.1, 0.15) is 50.2 Å². The van der Waals surface area contributed by atoms with E-state index in [4.69, 9.17) is 4.74 Å². The number of carbonyl (C=O) groups is 1. The molecule has 2 aromatic carbocycles. The molecule has 7 heteroatoms. The third kappa shape index (κ3) is 4.60. The van der Waals surface area contributed by atoms with Crippen molar-refractivity contribution in [2.45, 2.75) is 44.4 Å². The van der Waals surface area contributed by atoms with Gasteiger partial charge in [0.1, 0.15) is 5.75 Å². The van der Waals surface area contributed by atoms with E-state index in [-0.39, 0.29) is 17.1 Å². The van der Waals surface area contributed by atoms with Crippen molar-refractivity contribution >= 4 is 28.9 Å². The van der Waals surface area contributed by atoms with Gasteiger partial charge in [0, 0.05) is 25.2 Å². The van der Waals surface area contributed by atoms with Crippen molar-refractivity contribution in [2.24, 2.45) is 4.99 Å². The van der Waals surface area contributed by atoms with Crippen LogP contribution in [-0.2, 0) is 10.2 Å².